The van der Waals surface area contributed by atoms with Gasteiger partial charge in [-0.3, -0.25) is 9.80 Å². The van der Waals surface area contributed by atoms with Crippen LogP contribution in [0.2, 0.25) is 0 Å². The van der Waals surface area contributed by atoms with E-state index in [0.29, 0.717) is 18.2 Å². The number of amides is 3. The number of para-hydroxylation sites is 1. The Morgan fingerprint density at radius 3 is 2.44 bits per heavy atom. The fraction of sp³-hybridized carbons (Fsp3) is 0.379. The molecule has 7 nitrogen and oxygen atoms in total. The summed E-state index contributed by atoms with van der Waals surface area (Å²) >= 11 is 0. The number of rotatable bonds is 5. The third-order valence-corrected chi connectivity index (χ3v) is 7.85. The first-order valence-electron chi connectivity index (χ1n) is 12.6. The number of nitrogens with zero attached hydrogens (tertiary/aromatic N) is 3. The van der Waals surface area contributed by atoms with Gasteiger partial charge in [-0.1, -0.05) is 54.6 Å². The summed E-state index contributed by atoms with van der Waals surface area (Å²) < 4.78 is 5.75. The van der Waals surface area contributed by atoms with Crippen LogP contribution < -0.4 is 10.2 Å². The van der Waals surface area contributed by atoms with Gasteiger partial charge in [0.15, 0.2) is 0 Å². The molecule has 0 spiro atoms. The lowest BCUT2D eigenvalue weighted by molar-refractivity contribution is 0.183. The summed E-state index contributed by atoms with van der Waals surface area (Å²) in [5.41, 5.74) is 1.90. The average Bonchev–Trinajstić information content (AvgIpc) is 3.43. The van der Waals surface area contributed by atoms with Gasteiger partial charge in [0.2, 0.25) is 0 Å². The number of hydrogen-bond donors (Lipinski definition) is 1. The minimum Gasteiger partial charge on any atom is -0.410 e. The number of urea groups is 1. The molecule has 5 rings (SSSR count). The summed E-state index contributed by atoms with van der Waals surface area (Å²) in [6, 6.07) is 20.0. The van der Waals surface area contributed by atoms with Crippen molar-refractivity contribution in [3.63, 3.8) is 0 Å². The van der Waals surface area contributed by atoms with Crippen molar-refractivity contribution in [1.82, 2.24) is 15.1 Å². The standard InChI is InChI=1S/C29H34N4O3/c1-31(19-20-10-6-4-7-11-20)28(34)30-25-16-15-23-24-18-22(14-17-26(24)33(3)27(23)25)36-29(35)32(2)21-12-8-5-9-13-21/h4-14,17-18,23-27H,15-16,19H2,1-3H3,(H,30,34). The van der Waals surface area contributed by atoms with Crippen molar-refractivity contribution in [2.24, 2.45) is 11.8 Å². The second-order valence-electron chi connectivity index (χ2n) is 10.1. The minimum atomic E-state index is -0.406. The van der Waals surface area contributed by atoms with Crippen molar-refractivity contribution in [2.75, 3.05) is 26.0 Å². The maximum atomic E-state index is 13.0. The van der Waals surface area contributed by atoms with Crippen LogP contribution in [0.25, 0.3) is 0 Å². The van der Waals surface area contributed by atoms with Crippen molar-refractivity contribution >= 4 is 17.8 Å². The monoisotopic (exact) mass is 486 g/mol. The van der Waals surface area contributed by atoms with E-state index in [-0.39, 0.29) is 30.1 Å². The van der Waals surface area contributed by atoms with E-state index in [1.165, 1.54) is 4.90 Å². The number of carbonyl (C=O) groups is 2. The Labute approximate surface area is 213 Å². The number of allylic oxidation sites excluding steroid dienone is 1. The first kappa shape index (κ1) is 24.1. The van der Waals surface area contributed by atoms with Crippen molar-refractivity contribution in [3.05, 3.63) is 90.2 Å². The lowest BCUT2D eigenvalue weighted by Crippen LogP contribution is -2.50. The molecule has 188 valence electrons. The summed E-state index contributed by atoms with van der Waals surface area (Å²) in [7, 11) is 5.69. The molecule has 7 heteroatoms. The average molecular weight is 487 g/mol. The molecule has 3 aliphatic rings. The van der Waals surface area contributed by atoms with Crippen LogP contribution in [0.15, 0.2) is 84.7 Å². The highest BCUT2D eigenvalue weighted by molar-refractivity contribution is 5.87. The Bertz CT molecular complexity index is 1150. The first-order valence-corrected chi connectivity index (χ1v) is 12.6. The molecule has 1 heterocycles. The summed E-state index contributed by atoms with van der Waals surface area (Å²) in [5.74, 6) is 1.24. The lowest BCUT2D eigenvalue weighted by Gasteiger charge is -2.31. The Hall–Kier alpha value is -3.58. The van der Waals surface area contributed by atoms with Crippen LogP contribution in [0.1, 0.15) is 18.4 Å². The van der Waals surface area contributed by atoms with E-state index >= 15 is 0 Å². The van der Waals surface area contributed by atoms with E-state index in [1.807, 2.05) is 73.8 Å². The predicted octanol–water partition coefficient (Wildman–Crippen LogP) is 4.63. The molecule has 0 radical (unpaired) electrons. The van der Waals surface area contributed by atoms with Gasteiger partial charge < -0.3 is 15.0 Å². The molecule has 2 aromatic carbocycles. The molecule has 36 heavy (non-hydrogen) atoms. The second kappa shape index (κ2) is 10.2. The number of likely N-dealkylation sites (tertiary alicyclic amines) is 1. The van der Waals surface area contributed by atoms with Crippen LogP contribution in [-0.4, -0.2) is 61.2 Å². The SMILES string of the molecule is CN(Cc1ccccc1)C(=O)NC1CCC2C3C=C(OC(=O)N(C)c4ccccc4)C=CC3N(C)C12. The maximum Gasteiger partial charge on any atom is 0.419 e. The molecule has 1 N–H and O–H groups in total. The fourth-order valence-corrected chi connectivity index (χ4v) is 6.02. The Balaban J connectivity index is 1.22. The Morgan fingerprint density at radius 2 is 1.72 bits per heavy atom. The van der Waals surface area contributed by atoms with Crippen molar-refractivity contribution in [3.8, 4) is 0 Å². The van der Waals surface area contributed by atoms with Gasteiger partial charge in [-0.15, -0.1) is 0 Å². The first-order chi connectivity index (χ1) is 17.4. The minimum absolute atomic E-state index is 0.0440. The topological polar surface area (TPSA) is 65.1 Å². The third kappa shape index (κ3) is 4.75. The van der Waals surface area contributed by atoms with E-state index in [9.17, 15) is 9.59 Å². The highest BCUT2D eigenvalue weighted by Crippen LogP contribution is 2.47. The van der Waals surface area contributed by atoms with Gasteiger partial charge in [-0.25, -0.2) is 9.59 Å². The second-order valence-corrected chi connectivity index (χ2v) is 10.1. The third-order valence-electron chi connectivity index (χ3n) is 7.85. The van der Waals surface area contributed by atoms with Gasteiger partial charge in [0.25, 0.3) is 0 Å². The molecular weight excluding hydrogens is 452 g/mol. The maximum absolute atomic E-state index is 13.0. The smallest absolute Gasteiger partial charge is 0.410 e. The number of nitrogens with one attached hydrogen (secondary N) is 1. The van der Waals surface area contributed by atoms with Gasteiger partial charge in [0.05, 0.1) is 0 Å². The predicted molar refractivity (Wildman–Crippen MR) is 140 cm³/mol. The molecule has 5 atom stereocenters. The van der Waals surface area contributed by atoms with Crippen LogP contribution in [0.3, 0.4) is 0 Å². The molecule has 0 bridgehead atoms. The summed E-state index contributed by atoms with van der Waals surface area (Å²) in [5, 5.41) is 3.30. The lowest BCUT2D eigenvalue weighted by atomic mass is 9.85. The number of hydrogen-bond acceptors (Lipinski definition) is 4. The van der Waals surface area contributed by atoms with Crippen LogP contribution in [0.4, 0.5) is 15.3 Å². The highest BCUT2D eigenvalue weighted by Gasteiger charge is 2.52. The molecule has 2 aromatic rings. The number of benzene rings is 2. The normalized spacial score (nSPS) is 26.5. The van der Waals surface area contributed by atoms with E-state index in [4.69, 9.17) is 4.74 Å². The van der Waals surface area contributed by atoms with E-state index in [1.54, 1.807) is 11.9 Å². The van der Waals surface area contributed by atoms with Crippen LogP contribution in [0, 0.1) is 11.8 Å². The van der Waals surface area contributed by atoms with Crippen LogP contribution in [-0.2, 0) is 11.3 Å². The number of fused-ring (bicyclic) bond motifs is 3. The molecule has 0 aromatic heterocycles. The van der Waals surface area contributed by atoms with Crippen molar-refractivity contribution in [2.45, 2.75) is 37.5 Å². The molecule has 2 aliphatic carbocycles. The highest BCUT2D eigenvalue weighted by atomic mass is 16.6. The zero-order valence-electron chi connectivity index (χ0n) is 21.1. The number of anilines is 1. The largest absolute Gasteiger partial charge is 0.419 e. The Kier molecular flexibility index (Phi) is 6.83. The van der Waals surface area contributed by atoms with Gasteiger partial charge in [-0.05, 0) is 55.7 Å². The summed E-state index contributed by atoms with van der Waals surface area (Å²) in [4.78, 5) is 31.3. The number of carbonyl (C=O) groups excluding carboxylic acids is 2. The molecule has 1 saturated heterocycles. The van der Waals surface area contributed by atoms with E-state index in [0.717, 1.165) is 24.1 Å². The number of likely N-dealkylation sites (N-methyl/N-ethyl adjacent to an activating group) is 1. The fourth-order valence-electron chi connectivity index (χ4n) is 6.02. The summed E-state index contributed by atoms with van der Waals surface area (Å²) in [6.45, 7) is 0.576. The Morgan fingerprint density at radius 1 is 1.03 bits per heavy atom. The van der Waals surface area contributed by atoms with Gasteiger partial charge in [0.1, 0.15) is 5.76 Å². The molecule has 3 amide bonds. The zero-order chi connectivity index (χ0) is 25.2. The molecule has 1 saturated carbocycles. The van der Waals surface area contributed by atoms with Crippen LogP contribution in [0.5, 0.6) is 0 Å². The molecule has 2 fully saturated rings. The molecular formula is C29H34N4O3. The summed E-state index contributed by atoms with van der Waals surface area (Å²) in [6.07, 6.45) is 7.70. The van der Waals surface area contributed by atoms with Crippen molar-refractivity contribution < 1.29 is 14.3 Å². The van der Waals surface area contributed by atoms with E-state index in [2.05, 4.69) is 29.4 Å². The zero-order valence-corrected chi connectivity index (χ0v) is 21.1. The van der Waals surface area contributed by atoms with Crippen LogP contribution >= 0.6 is 0 Å². The van der Waals surface area contributed by atoms with Crippen molar-refractivity contribution in [1.29, 1.82) is 0 Å². The quantitative estimate of drug-likeness (QED) is 0.669. The van der Waals surface area contributed by atoms with Gasteiger partial charge in [-0.2, -0.15) is 0 Å². The molecule has 1 aliphatic heterocycles. The molecule has 5 unspecified atom stereocenters. The van der Waals surface area contributed by atoms with Gasteiger partial charge >= 0.3 is 12.1 Å². The van der Waals surface area contributed by atoms with Gasteiger partial charge in [0, 0.05) is 50.4 Å². The number of ether oxygens (including phenoxy) is 1. The van der Waals surface area contributed by atoms with E-state index < -0.39 is 6.09 Å².